The van der Waals surface area contributed by atoms with Crippen LogP contribution in [0.4, 0.5) is 11.4 Å². The maximum Gasteiger partial charge on any atom is 0.175 e. The molecule has 4 heteroatoms. The molecule has 2 aromatic rings. The lowest BCUT2D eigenvalue weighted by atomic mass is 9.79. The summed E-state index contributed by atoms with van der Waals surface area (Å²) in [5.74, 6) is 0.347. The summed E-state index contributed by atoms with van der Waals surface area (Å²) in [5.41, 5.74) is 9.17. The van der Waals surface area contributed by atoms with Crippen molar-refractivity contribution in [3.63, 3.8) is 0 Å². The monoisotopic (exact) mass is 356 g/mol. The summed E-state index contributed by atoms with van der Waals surface area (Å²) < 4.78 is 0. The van der Waals surface area contributed by atoms with Crippen LogP contribution in [0.15, 0.2) is 42.5 Å². The van der Waals surface area contributed by atoms with Gasteiger partial charge in [-0.05, 0) is 47.3 Å². The zero-order chi connectivity index (χ0) is 19.0. The number of phenols is 1. The highest BCUT2D eigenvalue weighted by atomic mass is 32.1. The van der Waals surface area contributed by atoms with E-state index in [0.717, 1.165) is 22.5 Å². The molecule has 0 heterocycles. The number of hydrogen-bond donors (Lipinski definition) is 2. The minimum atomic E-state index is -0.210. The van der Waals surface area contributed by atoms with Gasteiger partial charge in [0.15, 0.2) is 5.11 Å². The van der Waals surface area contributed by atoms with E-state index in [1.807, 2.05) is 47.4 Å². The highest BCUT2D eigenvalue weighted by molar-refractivity contribution is 7.80. The minimum absolute atomic E-state index is 0.210. The summed E-state index contributed by atoms with van der Waals surface area (Å²) in [6.07, 6.45) is 0. The first-order valence-electron chi connectivity index (χ1n) is 8.45. The summed E-state index contributed by atoms with van der Waals surface area (Å²) in [7, 11) is 0. The van der Waals surface area contributed by atoms with Crippen LogP contribution in [-0.2, 0) is 10.8 Å². The van der Waals surface area contributed by atoms with Crippen LogP contribution in [0.5, 0.6) is 5.75 Å². The largest absolute Gasteiger partial charge is 0.507 e. The molecule has 0 unspecified atom stereocenters. The van der Waals surface area contributed by atoms with E-state index in [0.29, 0.717) is 5.75 Å². The number of para-hydroxylation sites is 1. The Balaban J connectivity index is 2.78. The van der Waals surface area contributed by atoms with E-state index < -0.39 is 0 Å². The third kappa shape index (κ3) is 4.13. The molecule has 0 saturated heterocycles. The summed E-state index contributed by atoms with van der Waals surface area (Å²) in [4.78, 5) is 1.85. The van der Waals surface area contributed by atoms with Crippen LogP contribution >= 0.6 is 12.2 Å². The first kappa shape index (κ1) is 19.3. The zero-order valence-electron chi connectivity index (χ0n) is 15.9. The predicted molar refractivity (Wildman–Crippen MR) is 111 cm³/mol. The van der Waals surface area contributed by atoms with Crippen molar-refractivity contribution in [3.05, 3.63) is 53.6 Å². The lowest BCUT2D eigenvalue weighted by Gasteiger charge is -2.31. The second-order valence-corrected chi connectivity index (χ2v) is 8.82. The minimum Gasteiger partial charge on any atom is -0.507 e. The second kappa shape index (κ2) is 6.68. The number of phenolic OH excluding ortho intramolecular Hbond substituents is 1. The Labute approximate surface area is 156 Å². The van der Waals surface area contributed by atoms with Crippen molar-refractivity contribution in [1.82, 2.24) is 0 Å². The van der Waals surface area contributed by atoms with E-state index in [4.69, 9.17) is 18.0 Å². The molecule has 25 heavy (non-hydrogen) atoms. The van der Waals surface area contributed by atoms with E-state index in [1.165, 1.54) is 0 Å². The number of aromatic hydroxyl groups is 1. The molecule has 0 bridgehead atoms. The lowest BCUT2D eigenvalue weighted by Crippen LogP contribution is -2.32. The lowest BCUT2D eigenvalue weighted by molar-refractivity contribution is 0.423. The molecule has 0 aromatic heterocycles. The fourth-order valence-corrected chi connectivity index (χ4v) is 3.08. The van der Waals surface area contributed by atoms with Crippen LogP contribution < -0.4 is 10.6 Å². The second-order valence-electron chi connectivity index (χ2n) is 8.40. The van der Waals surface area contributed by atoms with Crippen molar-refractivity contribution >= 4 is 28.7 Å². The van der Waals surface area contributed by atoms with Crippen LogP contribution in [0.3, 0.4) is 0 Å². The Morgan fingerprint density at radius 3 is 1.68 bits per heavy atom. The van der Waals surface area contributed by atoms with Gasteiger partial charge in [-0.3, -0.25) is 4.90 Å². The number of benzene rings is 2. The van der Waals surface area contributed by atoms with Crippen molar-refractivity contribution in [1.29, 1.82) is 0 Å². The predicted octanol–water partition coefficient (Wildman–Crippen LogP) is 5.37. The number of rotatable bonds is 2. The molecule has 0 aliphatic carbocycles. The van der Waals surface area contributed by atoms with Crippen LogP contribution in [0.1, 0.15) is 52.7 Å². The van der Waals surface area contributed by atoms with Gasteiger partial charge in [0.25, 0.3) is 0 Å². The first-order chi connectivity index (χ1) is 11.4. The highest BCUT2D eigenvalue weighted by Crippen LogP contribution is 2.42. The summed E-state index contributed by atoms with van der Waals surface area (Å²) in [6.45, 7) is 12.5. The van der Waals surface area contributed by atoms with Gasteiger partial charge in [-0.25, -0.2) is 0 Å². The Hall–Kier alpha value is -2.07. The normalized spacial score (nSPS) is 12.1. The molecule has 0 aliphatic rings. The number of nitrogens with two attached hydrogens (primary N) is 1. The van der Waals surface area contributed by atoms with Crippen LogP contribution in [0.25, 0.3) is 0 Å². The Morgan fingerprint density at radius 1 is 0.880 bits per heavy atom. The van der Waals surface area contributed by atoms with E-state index in [2.05, 4.69) is 41.5 Å². The van der Waals surface area contributed by atoms with Crippen molar-refractivity contribution in [3.8, 4) is 5.75 Å². The number of thiocarbonyl (C=S) groups is 1. The quantitative estimate of drug-likeness (QED) is 0.710. The van der Waals surface area contributed by atoms with Crippen molar-refractivity contribution in [2.75, 3.05) is 4.90 Å². The average Bonchev–Trinajstić information content (AvgIpc) is 2.47. The molecule has 0 spiro atoms. The van der Waals surface area contributed by atoms with Gasteiger partial charge in [0.2, 0.25) is 0 Å². The van der Waals surface area contributed by atoms with Gasteiger partial charge in [-0.15, -0.1) is 0 Å². The van der Waals surface area contributed by atoms with E-state index in [1.54, 1.807) is 0 Å². The molecule has 2 aromatic carbocycles. The number of nitrogens with zero attached hydrogens (tertiary/aromatic N) is 1. The molecular weight excluding hydrogens is 328 g/mol. The molecule has 3 nitrogen and oxygen atoms in total. The molecule has 0 atom stereocenters. The Kier molecular flexibility index (Phi) is 5.14. The molecule has 0 amide bonds. The highest BCUT2D eigenvalue weighted by Gasteiger charge is 2.28. The van der Waals surface area contributed by atoms with Gasteiger partial charge in [0, 0.05) is 22.5 Å². The molecule has 134 valence electrons. The third-order valence-electron chi connectivity index (χ3n) is 4.20. The fraction of sp³-hybridized carbons (Fsp3) is 0.381. The van der Waals surface area contributed by atoms with Crippen molar-refractivity contribution in [2.45, 2.75) is 52.4 Å². The molecular formula is C21H28N2OS. The maximum atomic E-state index is 10.9. The van der Waals surface area contributed by atoms with E-state index in [9.17, 15) is 5.11 Å². The molecule has 0 aliphatic heterocycles. The number of hydrogen-bond acceptors (Lipinski definition) is 2. The summed E-state index contributed by atoms with van der Waals surface area (Å²) >= 11 is 5.33. The molecule has 0 fully saturated rings. The molecule has 2 rings (SSSR count). The SMILES string of the molecule is CC(C)(C)c1cc(N(C(N)=S)c2ccccc2)cc(C(C)(C)C)c1O. The average molecular weight is 357 g/mol. The van der Waals surface area contributed by atoms with E-state index >= 15 is 0 Å². The summed E-state index contributed by atoms with van der Waals surface area (Å²) in [6, 6.07) is 13.8. The first-order valence-corrected chi connectivity index (χ1v) is 8.86. The van der Waals surface area contributed by atoms with Gasteiger partial charge >= 0.3 is 0 Å². The van der Waals surface area contributed by atoms with Gasteiger partial charge in [0.05, 0.1) is 0 Å². The Morgan fingerprint density at radius 2 is 1.32 bits per heavy atom. The standard InChI is InChI=1S/C21H28N2OS/c1-20(2,3)16-12-15(13-17(18(16)24)21(4,5)6)23(19(22)25)14-10-8-7-9-11-14/h7-13,24H,1-6H3,(H2,22,25). The number of anilines is 2. The fourth-order valence-electron chi connectivity index (χ4n) is 2.87. The maximum absolute atomic E-state index is 10.9. The Bertz CT molecular complexity index is 736. The molecule has 0 saturated carbocycles. The van der Waals surface area contributed by atoms with Crippen molar-refractivity contribution in [2.24, 2.45) is 5.73 Å². The van der Waals surface area contributed by atoms with Gasteiger partial charge < -0.3 is 10.8 Å². The van der Waals surface area contributed by atoms with E-state index in [-0.39, 0.29) is 15.9 Å². The molecule has 3 N–H and O–H groups in total. The molecule has 0 radical (unpaired) electrons. The topological polar surface area (TPSA) is 49.5 Å². The third-order valence-corrected chi connectivity index (χ3v) is 4.39. The van der Waals surface area contributed by atoms with Gasteiger partial charge in [0.1, 0.15) is 5.75 Å². The summed E-state index contributed by atoms with van der Waals surface area (Å²) in [5, 5.41) is 11.2. The van der Waals surface area contributed by atoms with Gasteiger partial charge in [-0.2, -0.15) is 0 Å². The zero-order valence-corrected chi connectivity index (χ0v) is 16.7. The van der Waals surface area contributed by atoms with Crippen molar-refractivity contribution < 1.29 is 5.11 Å². The smallest absolute Gasteiger partial charge is 0.175 e. The van der Waals surface area contributed by atoms with Crippen LogP contribution in [0.2, 0.25) is 0 Å². The van der Waals surface area contributed by atoms with Crippen LogP contribution in [-0.4, -0.2) is 10.2 Å². The van der Waals surface area contributed by atoms with Crippen LogP contribution in [0, 0.1) is 0 Å². The van der Waals surface area contributed by atoms with Gasteiger partial charge in [-0.1, -0.05) is 59.7 Å².